The molecule has 3 N–H and O–H groups in total. The largest absolute Gasteiger partial charge is 0.345 e. The highest BCUT2D eigenvalue weighted by Crippen LogP contribution is 2.27. The number of aryl methyl sites for hydroxylation is 1. The maximum atomic E-state index is 12.5. The van der Waals surface area contributed by atoms with Crippen molar-refractivity contribution in [3.63, 3.8) is 0 Å². The Morgan fingerprint density at radius 1 is 1.22 bits per heavy atom. The molecule has 6 heteroatoms. The molecule has 0 aliphatic heterocycles. The number of rotatable bonds is 6. The van der Waals surface area contributed by atoms with Gasteiger partial charge >= 0.3 is 0 Å². The van der Waals surface area contributed by atoms with Gasteiger partial charge in [0.15, 0.2) is 0 Å². The van der Waals surface area contributed by atoms with E-state index in [2.05, 4.69) is 5.32 Å². The van der Waals surface area contributed by atoms with E-state index in [1.165, 1.54) is 4.90 Å². The van der Waals surface area contributed by atoms with Crippen LogP contribution in [-0.4, -0.2) is 37.4 Å². The number of carbonyl (C=O) groups excluding carboxylic acids is 2. The third-order valence-corrected chi connectivity index (χ3v) is 4.36. The molecule has 0 unspecified atom stereocenters. The van der Waals surface area contributed by atoms with Crippen molar-refractivity contribution in [3.05, 3.63) is 29.3 Å². The third-order valence-electron chi connectivity index (χ3n) is 4.36. The highest BCUT2D eigenvalue weighted by Gasteiger charge is 2.33. The molecule has 0 aliphatic rings. The fourth-order valence-electron chi connectivity index (χ4n) is 2.39. The number of hydrogen-bond acceptors (Lipinski definition) is 3. The van der Waals surface area contributed by atoms with Crippen molar-refractivity contribution in [2.24, 2.45) is 11.1 Å². The van der Waals surface area contributed by atoms with Crippen molar-refractivity contribution in [1.82, 2.24) is 4.90 Å². The van der Waals surface area contributed by atoms with E-state index in [-0.39, 0.29) is 24.2 Å². The van der Waals surface area contributed by atoms with Gasteiger partial charge in [0.25, 0.3) is 5.91 Å². The molecule has 0 radical (unpaired) electrons. The molecule has 23 heavy (non-hydrogen) atoms. The van der Waals surface area contributed by atoms with Crippen molar-refractivity contribution in [2.75, 3.05) is 26.0 Å². The van der Waals surface area contributed by atoms with Gasteiger partial charge in [0.2, 0.25) is 5.91 Å². The Morgan fingerprint density at radius 3 is 2.22 bits per heavy atom. The molecule has 1 aromatic carbocycles. The highest BCUT2D eigenvalue weighted by molar-refractivity contribution is 5.99. The summed E-state index contributed by atoms with van der Waals surface area (Å²) in [6.45, 7) is 6.12. The van der Waals surface area contributed by atoms with Gasteiger partial charge in [-0.3, -0.25) is 9.59 Å². The Hall–Kier alpha value is -1.59. The molecule has 1 aromatic rings. The molecular formula is C17H28ClN3O2. The zero-order valence-electron chi connectivity index (χ0n) is 14.6. The van der Waals surface area contributed by atoms with Crippen molar-refractivity contribution in [3.8, 4) is 0 Å². The van der Waals surface area contributed by atoms with Crippen molar-refractivity contribution >= 4 is 29.9 Å². The first-order chi connectivity index (χ1) is 10.3. The zero-order chi connectivity index (χ0) is 16.9. The highest BCUT2D eigenvalue weighted by atomic mass is 35.5. The average molecular weight is 342 g/mol. The lowest BCUT2D eigenvalue weighted by atomic mass is 9.81. The molecule has 0 atom stereocenters. The van der Waals surface area contributed by atoms with E-state index in [1.807, 2.05) is 32.9 Å². The number of nitrogens with zero attached hydrogens (tertiary/aromatic N) is 1. The number of hydrogen-bond donors (Lipinski definition) is 2. The SMILES string of the molecule is CCC(CC)(CN)C(=O)Nc1ccc(C)c(C(=O)N(C)C)c1.Cl. The number of halogens is 1. The maximum absolute atomic E-state index is 12.5. The van der Waals surface area contributed by atoms with Crippen LogP contribution < -0.4 is 11.1 Å². The first kappa shape index (κ1) is 21.4. The second-order valence-electron chi connectivity index (χ2n) is 5.87. The van der Waals surface area contributed by atoms with Gasteiger partial charge in [-0.2, -0.15) is 0 Å². The topological polar surface area (TPSA) is 75.4 Å². The van der Waals surface area contributed by atoms with Crippen LogP contribution in [0.1, 0.15) is 42.6 Å². The number of benzene rings is 1. The Kier molecular flexibility index (Phi) is 8.28. The molecule has 0 spiro atoms. The summed E-state index contributed by atoms with van der Waals surface area (Å²) in [4.78, 5) is 26.2. The van der Waals surface area contributed by atoms with E-state index in [4.69, 9.17) is 5.73 Å². The summed E-state index contributed by atoms with van der Waals surface area (Å²) >= 11 is 0. The molecule has 0 fully saturated rings. The number of nitrogens with one attached hydrogen (secondary N) is 1. The minimum atomic E-state index is -0.559. The third kappa shape index (κ3) is 4.69. The molecule has 0 heterocycles. The molecular weight excluding hydrogens is 314 g/mol. The second-order valence-corrected chi connectivity index (χ2v) is 5.87. The van der Waals surface area contributed by atoms with Gasteiger partial charge in [-0.1, -0.05) is 19.9 Å². The molecule has 5 nitrogen and oxygen atoms in total. The van der Waals surface area contributed by atoms with Gasteiger partial charge < -0.3 is 16.0 Å². The van der Waals surface area contributed by atoms with E-state index in [9.17, 15) is 9.59 Å². The van der Waals surface area contributed by atoms with Crippen LogP contribution in [0.2, 0.25) is 0 Å². The number of anilines is 1. The van der Waals surface area contributed by atoms with Crippen LogP contribution in [0.3, 0.4) is 0 Å². The van der Waals surface area contributed by atoms with Crippen LogP contribution in [0, 0.1) is 12.3 Å². The summed E-state index contributed by atoms with van der Waals surface area (Å²) in [6.07, 6.45) is 1.36. The van der Waals surface area contributed by atoms with E-state index in [1.54, 1.807) is 20.2 Å². The molecule has 1 rings (SSSR count). The summed E-state index contributed by atoms with van der Waals surface area (Å²) in [5.41, 5.74) is 7.34. The van der Waals surface area contributed by atoms with Gasteiger partial charge in [0.1, 0.15) is 0 Å². The van der Waals surface area contributed by atoms with Crippen LogP contribution in [0.25, 0.3) is 0 Å². The predicted molar refractivity (Wildman–Crippen MR) is 97.1 cm³/mol. The smallest absolute Gasteiger partial charge is 0.253 e. The van der Waals surface area contributed by atoms with E-state index in [0.717, 1.165) is 5.56 Å². The lowest BCUT2D eigenvalue weighted by molar-refractivity contribution is -0.125. The standard InChI is InChI=1S/C17H27N3O2.ClH/c1-6-17(7-2,11-18)16(22)19-13-9-8-12(3)14(10-13)15(21)20(4)5;/h8-10H,6-7,11,18H2,1-5H3,(H,19,22);1H. The fraction of sp³-hybridized carbons (Fsp3) is 0.529. The van der Waals surface area contributed by atoms with Gasteiger partial charge in [-0.15, -0.1) is 12.4 Å². The molecule has 2 amide bonds. The Balaban J connectivity index is 0.00000484. The Bertz CT molecular complexity index is 547. The Morgan fingerprint density at radius 2 is 1.78 bits per heavy atom. The molecule has 0 saturated heterocycles. The van der Waals surface area contributed by atoms with Crippen LogP contribution in [0.5, 0.6) is 0 Å². The number of carbonyl (C=O) groups is 2. The van der Waals surface area contributed by atoms with Crippen LogP contribution in [0.15, 0.2) is 18.2 Å². The lowest BCUT2D eigenvalue weighted by Crippen LogP contribution is -2.41. The molecule has 130 valence electrons. The fourth-order valence-corrected chi connectivity index (χ4v) is 2.39. The van der Waals surface area contributed by atoms with Crippen molar-refractivity contribution in [2.45, 2.75) is 33.6 Å². The summed E-state index contributed by atoms with van der Waals surface area (Å²) in [6, 6.07) is 5.38. The van der Waals surface area contributed by atoms with Gasteiger partial charge in [0.05, 0.1) is 5.41 Å². The predicted octanol–water partition coefficient (Wildman–Crippen LogP) is 2.82. The van der Waals surface area contributed by atoms with Gasteiger partial charge in [-0.25, -0.2) is 0 Å². The summed E-state index contributed by atoms with van der Waals surface area (Å²) in [5, 5.41) is 2.91. The summed E-state index contributed by atoms with van der Waals surface area (Å²) < 4.78 is 0. The maximum Gasteiger partial charge on any atom is 0.253 e. The summed E-state index contributed by atoms with van der Waals surface area (Å²) in [7, 11) is 3.42. The first-order valence-corrected chi connectivity index (χ1v) is 7.65. The second kappa shape index (κ2) is 8.89. The van der Waals surface area contributed by atoms with Crippen LogP contribution in [0.4, 0.5) is 5.69 Å². The van der Waals surface area contributed by atoms with Crippen LogP contribution >= 0.6 is 12.4 Å². The minimum absolute atomic E-state index is 0. The minimum Gasteiger partial charge on any atom is -0.345 e. The van der Waals surface area contributed by atoms with Crippen LogP contribution in [-0.2, 0) is 4.79 Å². The van der Waals surface area contributed by atoms with E-state index in [0.29, 0.717) is 30.6 Å². The van der Waals surface area contributed by atoms with E-state index < -0.39 is 5.41 Å². The molecule has 0 bridgehead atoms. The molecule has 0 saturated carbocycles. The Labute approximate surface area is 145 Å². The number of nitrogens with two attached hydrogens (primary N) is 1. The van der Waals surface area contributed by atoms with E-state index >= 15 is 0 Å². The first-order valence-electron chi connectivity index (χ1n) is 7.65. The molecule has 0 aromatic heterocycles. The quantitative estimate of drug-likeness (QED) is 0.835. The normalized spacial score (nSPS) is 10.7. The van der Waals surface area contributed by atoms with Crippen molar-refractivity contribution in [1.29, 1.82) is 0 Å². The number of amides is 2. The zero-order valence-corrected chi connectivity index (χ0v) is 15.4. The average Bonchev–Trinajstić information content (AvgIpc) is 2.50. The summed E-state index contributed by atoms with van der Waals surface area (Å²) in [5.74, 6) is -0.170. The lowest BCUT2D eigenvalue weighted by Gasteiger charge is -2.28. The monoisotopic (exact) mass is 341 g/mol. The van der Waals surface area contributed by atoms with Crippen molar-refractivity contribution < 1.29 is 9.59 Å². The van der Waals surface area contributed by atoms with Gasteiger partial charge in [0, 0.05) is 31.9 Å². The molecule has 0 aliphatic carbocycles. The van der Waals surface area contributed by atoms with Gasteiger partial charge in [-0.05, 0) is 37.5 Å².